The van der Waals surface area contributed by atoms with E-state index in [1.165, 1.54) is 0 Å². The Hall–Kier alpha value is 1.36. The first-order chi connectivity index (χ1) is 7.15. The van der Waals surface area contributed by atoms with Crippen LogP contribution in [0.3, 0.4) is 0 Å². The van der Waals surface area contributed by atoms with Crippen LogP contribution < -0.4 is 0 Å². The van der Waals surface area contributed by atoms with Gasteiger partial charge in [-0.3, -0.25) is 0 Å². The first-order valence-electron chi connectivity index (χ1n) is 4.62. The van der Waals surface area contributed by atoms with Crippen LogP contribution in [0.4, 0.5) is 0 Å². The maximum Gasteiger partial charge on any atom is 0.129 e. The first kappa shape index (κ1) is 14.4. The van der Waals surface area contributed by atoms with Crippen molar-refractivity contribution < 1.29 is 15.6 Å². The van der Waals surface area contributed by atoms with Crippen molar-refractivity contribution in [3.8, 4) is 0 Å². The molecule has 0 N–H and O–H groups in total. The van der Waals surface area contributed by atoms with Crippen molar-refractivity contribution in [2.45, 2.75) is 37.2 Å². The van der Waals surface area contributed by atoms with Gasteiger partial charge in [0.05, 0.1) is 6.61 Å². The van der Waals surface area contributed by atoms with E-state index >= 15 is 0 Å². The van der Waals surface area contributed by atoms with E-state index in [0.29, 0.717) is 6.61 Å². The number of halogens is 2. The first-order valence-corrected chi connectivity index (χ1v) is 6.38. The van der Waals surface area contributed by atoms with Crippen molar-refractivity contribution in [2.24, 2.45) is 0 Å². The second kappa shape index (κ2) is 6.34. The fourth-order valence-corrected chi connectivity index (χ4v) is 3.14. The minimum Gasteiger partial charge on any atom is -0.377 e. The maximum atomic E-state index is 5.85. The minimum atomic E-state index is -0.511. The van der Waals surface area contributed by atoms with Crippen LogP contribution in [0.2, 0.25) is 0 Å². The van der Waals surface area contributed by atoms with Crippen LogP contribution in [0, 0.1) is 0 Å². The van der Waals surface area contributed by atoms with Crippen molar-refractivity contribution in [3.05, 3.63) is 0 Å². The molecule has 0 saturated carbocycles. The summed E-state index contributed by atoms with van der Waals surface area (Å²) in [6.45, 7) is 2.45. The van der Waals surface area contributed by atoms with Crippen LogP contribution >= 0.6 is 46.0 Å². The quantitative estimate of drug-likeness (QED) is 0.485. The van der Waals surface area contributed by atoms with Crippen molar-refractivity contribution in [1.29, 1.82) is 0 Å². The van der Waals surface area contributed by atoms with Gasteiger partial charge in [0.25, 0.3) is 0 Å². The molecule has 4 atom stereocenters. The second-order valence-corrected chi connectivity index (χ2v) is 4.60. The van der Waals surface area contributed by atoms with Crippen LogP contribution in [0.15, 0.2) is 0 Å². The standard InChI is InChI=1S/C8H13BI2O4/c1-3-8(4-13-10)6(15-11)5(12-2)7(9)14-8/h5-7H,3-4H2,1-2H3/t5-,6+,7-,8-/m1/s1. The summed E-state index contributed by atoms with van der Waals surface area (Å²) in [4.78, 5) is 0. The molecule has 0 amide bonds. The molecule has 0 aromatic heterocycles. The summed E-state index contributed by atoms with van der Waals surface area (Å²) in [6.07, 6.45) is 0.295. The highest BCUT2D eigenvalue weighted by Gasteiger charge is 2.53. The van der Waals surface area contributed by atoms with E-state index in [9.17, 15) is 0 Å². The third kappa shape index (κ3) is 2.79. The molecule has 0 spiro atoms. The number of ether oxygens (including phenoxy) is 2. The number of rotatable bonds is 5. The maximum absolute atomic E-state index is 5.85. The molecule has 1 aliphatic rings. The summed E-state index contributed by atoms with van der Waals surface area (Å²) in [5.74, 6) is 0. The van der Waals surface area contributed by atoms with Gasteiger partial charge in [0.2, 0.25) is 0 Å². The Morgan fingerprint density at radius 3 is 2.53 bits per heavy atom. The lowest BCUT2D eigenvalue weighted by molar-refractivity contribution is -0.0714. The topological polar surface area (TPSA) is 36.9 Å². The molecule has 0 aromatic carbocycles. The lowest BCUT2D eigenvalue weighted by Gasteiger charge is -2.31. The average Bonchev–Trinajstić information content (AvgIpc) is 2.51. The van der Waals surface area contributed by atoms with Gasteiger partial charge in [-0.2, -0.15) is 0 Å². The Morgan fingerprint density at radius 2 is 2.13 bits per heavy atom. The molecular formula is C8H13BI2O4. The highest BCUT2D eigenvalue weighted by Crippen LogP contribution is 2.38. The van der Waals surface area contributed by atoms with Crippen LogP contribution in [-0.4, -0.2) is 45.4 Å². The molecule has 1 aliphatic heterocycles. The minimum absolute atomic E-state index is 0.210. The van der Waals surface area contributed by atoms with Crippen LogP contribution in [0.1, 0.15) is 13.3 Å². The van der Waals surface area contributed by atoms with Crippen LogP contribution in [0.25, 0.3) is 0 Å². The molecule has 0 bridgehead atoms. The highest BCUT2D eigenvalue weighted by atomic mass is 127. The molecule has 1 rings (SSSR count). The van der Waals surface area contributed by atoms with Gasteiger partial charge in [-0.15, -0.1) is 0 Å². The molecule has 0 unspecified atom stereocenters. The monoisotopic (exact) mass is 438 g/mol. The normalized spacial score (nSPS) is 40.9. The van der Waals surface area contributed by atoms with Gasteiger partial charge in [-0.05, 0) is 6.42 Å². The molecule has 7 heteroatoms. The summed E-state index contributed by atoms with van der Waals surface area (Å²) in [6, 6.07) is -0.471. The summed E-state index contributed by atoms with van der Waals surface area (Å²) in [5.41, 5.74) is -0.511. The average molecular weight is 438 g/mol. The van der Waals surface area contributed by atoms with Gasteiger partial charge in [0.1, 0.15) is 71.7 Å². The fourth-order valence-electron chi connectivity index (χ4n) is 1.86. The fraction of sp³-hybridized carbons (Fsp3) is 1.00. The van der Waals surface area contributed by atoms with E-state index < -0.39 is 11.6 Å². The second-order valence-electron chi connectivity index (χ2n) is 3.46. The van der Waals surface area contributed by atoms with E-state index in [1.807, 2.05) is 52.9 Å². The number of methoxy groups -OCH3 is 1. The lowest BCUT2D eigenvalue weighted by atomic mass is 9.88. The Kier molecular flexibility index (Phi) is 6.10. The van der Waals surface area contributed by atoms with Crippen molar-refractivity contribution >= 4 is 53.9 Å². The third-order valence-electron chi connectivity index (χ3n) is 2.78. The largest absolute Gasteiger partial charge is 0.377 e. The summed E-state index contributed by atoms with van der Waals surface area (Å²) in [7, 11) is 7.45. The molecule has 4 nitrogen and oxygen atoms in total. The molecule has 1 saturated heterocycles. The van der Waals surface area contributed by atoms with Gasteiger partial charge in [0, 0.05) is 13.1 Å². The third-order valence-corrected chi connectivity index (χ3v) is 3.64. The van der Waals surface area contributed by atoms with Gasteiger partial charge < -0.3 is 15.6 Å². The van der Waals surface area contributed by atoms with Gasteiger partial charge in [-0.25, -0.2) is 0 Å². The lowest BCUT2D eigenvalue weighted by Crippen LogP contribution is -2.46. The molecule has 2 radical (unpaired) electrons. The Balaban J connectivity index is 2.87. The van der Waals surface area contributed by atoms with E-state index in [0.717, 1.165) is 6.42 Å². The van der Waals surface area contributed by atoms with Crippen LogP contribution in [-0.2, 0) is 15.6 Å². The zero-order valence-electron chi connectivity index (χ0n) is 8.61. The predicted octanol–water partition coefficient (Wildman–Crippen LogP) is 1.78. The zero-order chi connectivity index (χ0) is 11.5. The zero-order valence-corrected chi connectivity index (χ0v) is 12.9. The predicted molar refractivity (Wildman–Crippen MR) is 73.3 cm³/mol. The van der Waals surface area contributed by atoms with E-state index in [4.69, 9.17) is 23.5 Å². The molecule has 1 fully saturated rings. The van der Waals surface area contributed by atoms with E-state index in [2.05, 4.69) is 0 Å². The molecule has 0 aliphatic carbocycles. The summed E-state index contributed by atoms with van der Waals surface area (Å²) < 4.78 is 21.6. The van der Waals surface area contributed by atoms with Crippen molar-refractivity contribution in [2.75, 3.05) is 13.7 Å². The molecule has 1 heterocycles. The molecule has 86 valence electrons. The number of hydrogen-bond acceptors (Lipinski definition) is 4. The van der Waals surface area contributed by atoms with E-state index in [-0.39, 0.29) is 12.2 Å². The van der Waals surface area contributed by atoms with Crippen LogP contribution in [0.5, 0.6) is 0 Å². The summed E-state index contributed by atoms with van der Waals surface area (Å²) >= 11 is 3.70. The Bertz CT molecular complexity index is 209. The summed E-state index contributed by atoms with van der Waals surface area (Å²) in [5, 5.41) is 0. The van der Waals surface area contributed by atoms with Gasteiger partial charge in [-0.1, -0.05) is 6.92 Å². The number of hydrogen-bond donors (Lipinski definition) is 0. The van der Waals surface area contributed by atoms with E-state index in [1.54, 1.807) is 7.11 Å². The molecular weight excluding hydrogens is 425 g/mol. The Morgan fingerprint density at radius 1 is 1.47 bits per heavy atom. The smallest absolute Gasteiger partial charge is 0.129 e. The van der Waals surface area contributed by atoms with Gasteiger partial charge in [0.15, 0.2) is 0 Å². The van der Waals surface area contributed by atoms with Crippen molar-refractivity contribution in [3.63, 3.8) is 0 Å². The Labute approximate surface area is 120 Å². The van der Waals surface area contributed by atoms with Gasteiger partial charge >= 0.3 is 0 Å². The SMILES string of the molecule is [B][C@@H]1O[C@](CC)(COI)[C@@H](OI)[C@H]1OC. The molecule has 0 aromatic rings. The molecule has 15 heavy (non-hydrogen) atoms. The van der Waals surface area contributed by atoms with Crippen molar-refractivity contribution in [1.82, 2.24) is 0 Å². The highest BCUT2D eigenvalue weighted by molar-refractivity contribution is 14.1.